The third kappa shape index (κ3) is 3.43. The molecule has 7 nitrogen and oxygen atoms in total. The van der Waals surface area contributed by atoms with Crippen LogP contribution < -0.4 is 10.7 Å². The predicted molar refractivity (Wildman–Crippen MR) is 98.6 cm³/mol. The van der Waals surface area contributed by atoms with Gasteiger partial charge in [-0.25, -0.2) is 17.6 Å². The van der Waals surface area contributed by atoms with Gasteiger partial charge in [0.15, 0.2) is 28.9 Å². The maximum atomic E-state index is 13.8. The topological polar surface area (TPSA) is 91.6 Å². The van der Waals surface area contributed by atoms with Crippen LogP contribution in [0.5, 0.6) is 5.75 Å². The predicted octanol–water partition coefficient (Wildman–Crippen LogP) is 2.22. The number of nitrogens with one attached hydrogen (secondary N) is 1. The fourth-order valence-electron chi connectivity index (χ4n) is 3.99. The van der Waals surface area contributed by atoms with Crippen molar-refractivity contribution >= 4 is 11.8 Å². The first kappa shape index (κ1) is 20.9. The molecule has 2 N–H and O–H groups in total. The van der Waals surface area contributed by atoms with Gasteiger partial charge in [0, 0.05) is 37.5 Å². The van der Waals surface area contributed by atoms with Crippen molar-refractivity contribution in [1.82, 2.24) is 14.8 Å². The maximum Gasteiger partial charge on any atom is 0.274 e. The van der Waals surface area contributed by atoms with Gasteiger partial charge in [0.05, 0.1) is 6.04 Å². The molecule has 2 aliphatic heterocycles. The van der Waals surface area contributed by atoms with E-state index in [-0.39, 0.29) is 17.8 Å². The van der Waals surface area contributed by atoms with Crippen molar-refractivity contribution in [3.8, 4) is 5.75 Å². The first-order valence-electron chi connectivity index (χ1n) is 9.58. The van der Waals surface area contributed by atoms with Crippen LogP contribution in [-0.2, 0) is 6.54 Å². The number of aromatic nitrogens is 1. The van der Waals surface area contributed by atoms with Gasteiger partial charge in [-0.1, -0.05) is 0 Å². The number of fused-ring (bicyclic) bond motifs is 4. The second kappa shape index (κ2) is 7.71. The summed E-state index contributed by atoms with van der Waals surface area (Å²) in [6.45, 7) is -0.0111. The van der Waals surface area contributed by atoms with Crippen molar-refractivity contribution in [1.29, 1.82) is 0 Å². The number of hydrogen-bond donors (Lipinski definition) is 2. The highest BCUT2D eigenvalue weighted by Gasteiger charge is 2.36. The number of aromatic hydroxyl groups is 1. The number of pyridine rings is 1. The second-order valence-corrected chi connectivity index (χ2v) is 7.51. The number of halogens is 4. The lowest BCUT2D eigenvalue weighted by Gasteiger charge is -2.34. The van der Waals surface area contributed by atoms with Crippen LogP contribution in [0.2, 0.25) is 0 Å². The van der Waals surface area contributed by atoms with Crippen LogP contribution >= 0.6 is 0 Å². The SMILES string of the molecule is O=C(NCc1c(F)cc(F)c(F)c1F)c1cn2c(c(O)c1=O)C(=O)N1CCCC[C@H]2C1. The number of carbonyl (C=O) groups excluding carboxylic acids is 2. The Morgan fingerprint density at radius 3 is 2.61 bits per heavy atom. The van der Waals surface area contributed by atoms with E-state index < -0.39 is 63.9 Å². The number of amides is 2. The van der Waals surface area contributed by atoms with Gasteiger partial charge in [-0.05, 0) is 19.3 Å². The summed E-state index contributed by atoms with van der Waals surface area (Å²) in [6.07, 6.45) is 3.36. The molecule has 2 amide bonds. The molecule has 164 valence electrons. The molecule has 31 heavy (non-hydrogen) atoms. The zero-order chi connectivity index (χ0) is 22.4. The average Bonchev–Trinajstić information content (AvgIpc) is 2.96. The Kier molecular flexibility index (Phi) is 5.19. The van der Waals surface area contributed by atoms with Gasteiger partial charge in [0.25, 0.3) is 11.8 Å². The van der Waals surface area contributed by atoms with Gasteiger partial charge >= 0.3 is 0 Å². The Morgan fingerprint density at radius 1 is 1.13 bits per heavy atom. The summed E-state index contributed by atoms with van der Waals surface area (Å²) in [5.41, 5.74) is -2.81. The molecule has 4 rings (SSSR count). The lowest BCUT2D eigenvalue weighted by Crippen LogP contribution is -2.44. The van der Waals surface area contributed by atoms with E-state index in [0.717, 1.165) is 19.0 Å². The first-order valence-corrected chi connectivity index (χ1v) is 9.58. The zero-order valence-electron chi connectivity index (χ0n) is 16.1. The molecule has 0 aliphatic carbocycles. The second-order valence-electron chi connectivity index (χ2n) is 7.51. The molecule has 0 saturated carbocycles. The van der Waals surface area contributed by atoms with E-state index >= 15 is 0 Å². The first-order chi connectivity index (χ1) is 14.7. The molecule has 0 spiro atoms. The van der Waals surface area contributed by atoms with Crippen molar-refractivity contribution in [2.75, 3.05) is 13.1 Å². The van der Waals surface area contributed by atoms with Gasteiger partial charge in [-0.2, -0.15) is 0 Å². The number of hydrogen-bond acceptors (Lipinski definition) is 4. The summed E-state index contributed by atoms with van der Waals surface area (Å²) < 4.78 is 55.4. The Bertz CT molecular complexity index is 1160. The van der Waals surface area contributed by atoms with Crippen molar-refractivity contribution < 1.29 is 32.3 Å². The standard InChI is InChI=1S/C20H17F4N3O4/c21-12-5-13(22)15(24)14(23)10(12)6-25-19(30)11-8-27-9-3-1-2-4-26(7-9)20(31)16(27)18(29)17(11)28/h5,8-9,29H,1-4,6-7H2,(H,25,30)/t9-/m0/s1. The molecule has 1 aromatic carbocycles. The Labute approximate surface area is 172 Å². The normalized spacial score (nSPS) is 17.9. The van der Waals surface area contributed by atoms with Crippen LogP contribution in [-0.4, -0.2) is 39.5 Å². The summed E-state index contributed by atoms with van der Waals surface area (Å²) in [4.78, 5) is 39.2. The summed E-state index contributed by atoms with van der Waals surface area (Å²) in [7, 11) is 0. The third-order valence-electron chi connectivity index (χ3n) is 5.62. The van der Waals surface area contributed by atoms with Crippen LogP contribution in [0.3, 0.4) is 0 Å². The highest BCUT2D eigenvalue weighted by molar-refractivity contribution is 5.99. The molecular formula is C20H17F4N3O4. The van der Waals surface area contributed by atoms with E-state index in [1.54, 1.807) is 4.90 Å². The van der Waals surface area contributed by atoms with Crippen molar-refractivity contribution in [2.45, 2.75) is 31.8 Å². The fraction of sp³-hybridized carbons (Fsp3) is 0.350. The lowest BCUT2D eigenvalue weighted by atomic mass is 10.1. The van der Waals surface area contributed by atoms with Crippen molar-refractivity contribution in [3.05, 3.63) is 62.6 Å². The molecule has 0 unspecified atom stereocenters. The number of benzene rings is 1. The largest absolute Gasteiger partial charge is 0.503 e. The summed E-state index contributed by atoms with van der Waals surface area (Å²) in [5.74, 6) is -9.33. The van der Waals surface area contributed by atoms with Crippen LogP contribution in [0.15, 0.2) is 17.1 Å². The van der Waals surface area contributed by atoms with Crippen molar-refractivity contribution in [2.24, 2.45) is 0 Å². The Balaban J connectivity index is 1.67. The average molecular weight is 439 g/mol. The molecule has 3 heterocycles. The van der Waals surface area contributed by atoms with Gasteiger partial charge < -0.3 is 19.9 Å². The van der Waals surface area contributed by atoms with Crippen LogP contribution in [0.25, 0.3) is 0 Å². The number of rotatable bonds is 3. The molecular weight excluding hydrogens is 422 g/mol. The number of nitrogens with zero attached hydrogens (tertiary/aromatic N) is 2. The van der Waals surface area contributed by atoms with Gasteiger partial charge in [-0.3, -0.25) is 14.4 Å². The Morgan fingerprint density at radius 2 is 1.87 bits per heavy atom. The smallest absolute Gasteiger partial charge is 0.274 e. The van der Waals surface area contributed by atoms with Crippen molar-refractivity contribution in [3.63, 3.8) is 0 Å². The number of carbonyl (C=O) groups is 2. The fourth-order valence-corrected chi connectivity index (χ4v) is 3.99. The van der Waals surface area contributed by atoms with E-state index in [1.165, 1.54) is 4.57 Å². The zero-order valence-corrected chi connectivity index (χ0v) is 16.1. The van der Waals surface area contributed by atoms with E-state index in [0.29, 0.717) is 19.5 Å². The molecule has 2 aromatic rings. The van der Waals surface area contributed by atoms with Gasteiger partial charge in [0.1, 0.15) is 11.4 Å². The van der Waals surface area contributed by atoms with Crippen LogP contribution in [0, 0.1) is 23.3 Å². The lowest BCUT2D eigenvalue weighted by molar-refractivity contribution is 0.0677. The van der Waals surface area contributed by atoms with Crippen LogP contribution in [0.4, 0.5) is 17.6 Å². The molecule has 0 radical (unpaired) electrons. The molecule has 1 saturated heterocycles. The van der Waals surface area contributed by atoms with E-state index in [4.69, 9.17) is 0 Å². The highest BCUT2D eigenvalue weighted by Crippen LogP contribution is 2.31. The highest BCUT2D eigenvalue weighted by atomic mass is 19.2. The molecule has 1 atom stereocenters. The minimum absolute atomic E-state index is 0.142. The molecule has 2 aliphatic rings. The van der Waals surface area contributed by atoms with Crippen LogP contribution in [0.1, 0.15) is 51.7 Å². The maximum absolute atomic E-state index is 13.8. The molecule has 1 aromatic heterocycles. The summed E-state index contributed by atoms with van der Waals surface area (Å²) >= 11 is 0. The monoisotopic (exact) mass is 439 g/mol. The summed E-state index contributed by atoms with van der Waals surface area (Å²) in [5, 5.41) is 12.4. The molecule has 2 bridgehead atoms. The minimum Gasteiger partial charge on any atom is -0.503 e. The van der Waals surface area contributed by atoms with E-state index in [9.17, 15) is 37.1 Å². The minimum atomic E-state index is -1.89. The quantitative estimate of drug-likeness (QED) is 0.436. The summed E-state index contributed by atoms with van der Waals surface area (Å²) in [6, 6.07) is -0.113. The van der Waals surface area contributed by atoms with E-state index in [2.05, 4.69) is 5.32 Å². The molecule has 1 fully saturated rings. The third-order valence-corrected chi connectivity index (χ3v) is 5.62. The Hall–Kier alpha value is -3.37. The molecule has 11 heteroatoms. The van der Waals surface area contributed by atoms with Gasteiger partial charge in [-0.15, -0.1) is 0 Å². The van der Waals surface area contributed by atoms with E-state index in [1.807, 2.05) is 0 Å². The van der Waals surface area contributed by atoms with Gasteiger partial charge in [0.2, 0.25) is 5.43 Å².